The fraction of sp³-hybridized carbons (Fsp3) is 0.714. The van der Waals surface area contributed by atoms with Gasteiger partial charge in [-0.15, -0.1) is 0 Å². The van der Waals surface area contributed by atoms with E-state index >= 15 is 0 Å². The molecule has 70 valence electrons. The molecular weight excluding hydrogens is 177 g/mol. The quantitative estimate of drug-likeness (QED) is 0.604. The molecule has 0 aromatic heterocycles. The van der Waals surface area contributed by atoms with E-state index in [2.05, 4.69) is 5.09 Å². The van der Waals surface area contributed by atoms with E-state index in [0.717, 1.165) is 0 Å². The van der Waals surface area contributed by atoms with Crippen molar-refractivity contribution in [3.05, 3.63) is 0 Å². The molecule has 0 aliphatic heterocycles. The average Bonchev–Trinajstić information content (AvgIpc) is 1.96. The second-order valence-corrected chi connectivity index (χ2v) is 3.28. The second kappa shape index (κ2) is 6.09. The van der Waals surface area contributed by atoms with E-state index in [9.17, 15) is 9.59 Å². The molecule has 0 aliphatic carbocycles. The van der Waals surface area contributed by atoms with Crippen molar-refractivity contribution in [1.82, 2.24) is 5.09 Å². The number of nitrogens with one attached hydrogen (secondary N) is 1. The number of carbonyl (C=O) groups is 2. The zero-order valence-corrected chi connectivity index (χ0v) is 8.26. The van der Waals surface area contributed by atoms with E-state index in [-0.39, 0.29) is 18.2 Å². The number of carbonyl (C=O) groups excluding carboxylic acids is 1. The van der Waals surface area contributed by atoms with Gasteiger partial charge in [-0.2, -0.15) is 0 Å². The van der Waals surface area contributed by atoms with Crippen LogP contribution in [0.15, 0.2) is 0 Å². The van der Waals surface area contributed by atoms with Gasteiger partial charge in [0.1, 0.15) is 5.78 Å². The molecule has 2 atom stereocenters. The molecule has 0 amide bonds. The van der Waals surface area contributed by atoms with Crippen LogP contribution in [0.25, 0.3) is 0 Å². The first-order chi connectivity index (χ1) is 5.57. The Morgan fingerprint density at radius 1 is 1.58 bits per heavy atom. The molecule has 0 bridgehead atoms. The molecule has 5 heteroatoms. The number of ketones is 1. The summed E-state index contributed by atoms with van der Waals surface area (Å²) in [5.74, 6) is -0.854. The van der Waals surface area contributed by atoms with Gasteiger partial charge in [0.2, 0.25) is 0 Å². The number of hydrogen-bond donors (Lipinski definition) is 2. The van der Waals surface area contributed by atoms with Crippen molar-refractivity contribution in [1.29, 1.82) is 0 Å². The van der Waals surface area contributed by atoms with Crippen LogP contribution in [0, 0.1) is 0 Å². The molecule has 12 heavy (non-hydrogen) atoms. The fourth-order valence-corrected chi connectivity index (χ4v) is 1.52. The van der Waals surface area contributed by atoms with Gasteiger partial charge < -0.3 is 5.11 Å². The number of Topliss-reactive ketones (excluding diaryl/α,β-unsaturated/α-hetero) is 1. The predicted molar refractivity (Wildman–Crippen MR) is 48.7 cm³/mol. The van der Waals surface area contributed by atoms with Gasteiger partial charge in [0.05, 0.1) is 6.04 Å². The highest BCUT2D eigenvalue weighted by Crippen LogP contribution is 2.05. The SMILES string of the molecule is CPN[C@@H](CCC(=O)O)C(C)=O. The van der Waals surface area contributed by atoms with Gasteiger partial charge in [-0.25, -0.2) is 0 Å². The van der Waals surface area contributed by atoms with Gasteiger partial charge in [-0.05, 0) is 20.0 Å². The van der Waals surface area contributed by atoms with E-state index in [0.29, 0.717) is 15.2 Å². The summed E-state index contributed by atoms with van der Waals surface area (Å²) in [5.41, 5.74) is 0. The van der Waals surface area contributed by atoms with E-state index in [1.54, 1.807) is 0 Å². The highest BCUT2D eigenvalue weighted by molar-refractivity contribution is 7.34. The molecule has 0 heterocycles. The van der Waals surface area contributed by atoms with Gasteiger partial charge in [0.15, 0.2) is 0 Å². The van der Waals surface area contributed by atoms with Gasteiger partial charge in [0.25, 0.3) is 0 Å². The molecule has 0 aliphatic rings. The number of rotatable bonds is 6. The first-order valence-corrected chi connectivity index (χ1v) is 5.22. The van der Waals surface area contributed by atoms with Crippen LogP contribution in [-0.2, 0) is 9.59 Å². The zero-order chi connectivity index (χ0) is 9.56. The zero-order valence-electron chi connectivity index (χ0n) is 7.26. The van der Waals surface area contributed by atoms with Gasteiger partial charge in [-0.1, -0.05) is 8.73 Å². The van der Waals surface area contributed by atoms with Crippen LogP contribution in [0.2, 0.25) is 0 Å². The van der Waals surface area contributed by atoms with Crippen molar-refractivity contribution < 1.29 is 14.7 Å². The monoisotopic (exact) mass is 191 g/mol. The maximum Gasteiger partial charge on any atom is 0.303 e. The van der Waals surface area contributed by atoms with Crippen molar-refractivity contribution in [2.45, 2.75) is 25.8 Å². The predicted octanol–water partition coefficient (Wildman–Crippen LogP) is 0.622. The Bertz CT molecular complexity index is 172. The molecular formula is C7H14NO3P. The molecule has 0 aromatic carbocycles. The van der Waals surface area contributed by atoms with Gasteiger partial charge >= 0.3 is 5.97 Å². The van der Waals surface area contributed by atoms with Crippen LogP contribution >= 0.6 is 8.73 Å². The second-order valence-electron chi connectivity index (χ2n) is 2.49. The van der Waals surface area contributed by atoms with Crippen LogP contribution in [0.4, 0.5) is 0 Å². The van der Waals surface area contributed by atoms with E-state index in [4.69, 9.17) is 5.11 Å². The Morgan fingerprint density at radius 2 is 2.17 bits per heavy atom. The lowest BCUT2D eigenvalue weighted by Crippen LogP contribution is -2.30. The minimum absolute atomic E-state index is 0.00519. The van der Waals surface area contributed by atoms with E-state index < -0.39 is 5.97 Å². The minimum Gasteiger partial charge on any atom is -0.481 e. The minimum atomic E-state index is -0.859. The summed E-state index contributed by atoms with van der Waals surface area (Å²) in [6.45, 7) is 3.39. The molecule has 0 radical (unpaired) electrons. The molecule has 2 N–H and O–H groups in total. The van der Waals surface area contributed by atoms with Crippen LogP contribution in [0.5, 0.6) is 0 Å². The topological polar surface area (TPSA) is 66.4 Å². The normalized spacial score (nSPS) is 13.5. The Hall–Kier alpha value is -0.470. The number of aliphatic carboxylic acids is 1. The van der Waals surface area contributed by atoms with Crippen LogP contribution < -0.4 is 5.09 Å². The first kappa shape index (κ1) is 11.5. The molecule has 0 saturated heterocycles. The first-order valence-electron chi connectivity index (χ1n) is 3.72. The summed E-state index contributed by atoms with van der Waals surface area (Å²) in [4.78, 5) is 21.1. The van der Waals surface area contributed by atoms with Gasteiger partial charge in [-0.3, -0.25) is 14.7 Å². The van der Waals surface area contributed by atoms with Crippen LogP contribution in [0.3, 0.4) is 0 Å². The third kappa shape index (κ3) is 5.22. The maximum atomic E-state index is 10.9. The third-order valence-electron chi connectivity index (χ3n) is 1.46. The molecule has 0 rings (SSSR count). The summed E-state index contributed by atoms with van der Waals surface area (Å²) in [6.07, 6.45) is 0.424. The number of carboxylic acid groups (broad SMARTS) is 1. The van der Waals surface area contributed by atoms with Crippen molar-refractivity contribution in [3.8, 4) is 0 Å². The summed E-state index contributed by atoms with van der Waals surface area (Å²) < 4.78 is 0. The Labute approximate surface area is 73.6 Å². The van der Waals surface area contributed by atoms with Crippen LogP contribution in [-0.4, -0.2) is 29.6 Å². The van der Waals surface area contributed by atoms with Crippen molar-refractivity contribution in [3.63, 3.8) is 0 Å². The fourth-order valence-electron chi connectivity index (χ4n) is 0.819. The largest absolute Gasteiger partial charge is 0.481 e. The molecule has 1 unspecified atom stereocenters. The highest BCUT2D eigenvalue weighted by Gasteiger charge is 2.13. The van der Waals surface area contributed by atoms with Gasteiger partial charge in [0, 0.05) is 6.42 Å². The van der Waals surface area contributed by atoms with E-state index in [1.165, 1.54) is 6.92 Å². The molecule has 0 spiro atoms. The highest BCUT2D eigenvalue weighted by atomic mass is 31.1. The lowest BCUT2D eigenvalue weighted by Gasteiger charge is -2.12. The van der Waals surface area contributed by atoms with Crippen molar-refractivity contribution in [2.24, 2.45) is 0 Å². The Kier molecular flexibility index (Phi) is 5.85. The van der Waals surface area contributed by atoms with E-state index in [1.807, 2.05) is 6.66 Å². The molecule has 0 aromatic rings. The summed E-state index contributed by atoms with van der Waals surface area (Å²) in [6, 6.07) is -0.288. The Balaban J connectivity index is 3.79. The van der Waals surface area contributed by atoms with Crippen LogP contribution in [0.1, 0.15) is 19.8 Å². The standard InChI is InChI=1S/C7H14NO3P/c1-5(9)6(8-12-2)3-4-7(10)11/h6,8,12H,3-4H2,1-2H3,(H,10,11)/t6-/m0/s1. The summed E-state index contributed by atoms with van der Waals surface area (Å²) in [5, 5.41) is 11.3. The number of carboxylic acids is 1. The molecule has 0 saturated carbocycles. The van der Waals surface area contributed by atoms with Crippen molar-refractivity contribution >= 4 is 20.5 Å². The molecule has 0 fully saturated rings. The summed E-state index contributed by atoms with van der Waals surface area (Å²) in [7, 11) is 0.471. The smallest absolute Gasteiger partial charge is 0.303 e. The average molecular weight is 191 g/mol. The van der Waals surface area contributed by atoms with Crippen molar-refractivity contribution in [2.75, 3.05) is 6.66 Å². The lowest BCUT2D eigenvalue weighted by atomic mass is 10.1. The molecule has 4 nitrogen and oxygen atoms in total. The third-order valence-corrected chi connectivity index (χ3v) is 2.09. The summed E-state index contributed by atoms with van der Waals surface area (Å²) >= 11 is 0. The lowest BCUT2D eigenvalue weighted by molar-refractivity contribution is -0.137. The Morgan fingerprint density at radius 3 is 2.50 bits per heavy atom. The maximum absolute atomic E-state index is 10.9. The number of hydrogen-bond acceptors (Lipinski definition) is 3.